The first-order valence-corrected chi connectivity index (χ1v) is 18.5. The minimum absolute atomic E-state index is 0.0870. The standard InChI is InChI=1S/C36H34F3N4O8PS/c1-23-7-9-27(17-50-52(45,46)47)30(13-23)35(44)51-36(20-43-22-41-21-42-43,31-12-11-28(37)15-33(31)39)24(2)53-29-18-48-34(49-19-29)6-4-3-5-26-10-8-25(16-40)14-32(26)38/h3-15,21-22,24,29,34H,17-20H2,1-2H3,(H2,45,46,47)/b5-3+,6-4+/t24-,29-,34-,36-/m1/s1. The molecule has 4 aromatic rings. The zero-order chi connectivity index (χ0) is 38.2. The third-order valence-electron chi connectivity index (χ3n) is 8.13. The highest BCUT2D eigenvalue weighted by Crippen LogP contribution is 2.43. The molecule has 0 aliphatic carbocycles. The number of benzene rings is 3. The molecule has 3 aromatic carbocycles. The van der Waals surface area contributed by atoms with Crippen molar-refractivity contribution in [2.75, 3.05) is 13.2 Å². The molecule has 1 saturated heterocycles. The minimum atomic E-state index is -4.91. The summed E-state index contributed by atoms with van der Waals surface area (Å²) in [5.74, 6) is -3.35. The molecule has 1 aliphatic heterocycles. The summed E-state index contributed by atoms with van der Waals surface area (Å²) < 4.78 is 79.8. The Morgan fingerprint density at radius 3 is 2.57 bits per heavy atom. The van der Waals surface area contributed by atoms with Crippen molar-refractivity contribution in [2.24, 2.45) is 0 Å². The second kappa shape index (κ2) is 17.5. The van der Waals surface area contributed by atoms with E-state index in [1.807, 2.05) is 6.07 Å². The van der Waals surface area contributed by atoms with Gasteiger partial charge in [-0.05, 0) is 55.8 Å². The van der Waals surface area contributed by atoms with E-state index in [2.05, 4.69) is 14.6 Å². The fourth-order valence-electron chi connectivity index (χ4n) is 5.51. The van der Waals surface area contributed by atoms with E-state index < -0.39 is 55.0 Å². The predicted octanol–water partition coefficient (Wildman–Crippen LogP) is 6.37. The number of allylic oxidation sites excluding steroid dienone is 2. The zero-order valence-electron chi connectivity index (χ0n) is 28.3. The summed E-state index contributed by atoms with van der Waals surface area (Å²) in [5, 5.41) is 11.9. The van der Waals surface area contributed by atoms with Crippen molar-refractivity contribution in [3.63, 3.8) is 0 Å². The van der Waals surface area contributed by atoms with Crippen LogP contribution in [0.4, 0.5) is 13.2 Å². The molecule has 2 N–H and O–H groups in total. The number of thioether (sulfide) groups is 1. The zero-order valence-corrected chi connectivity index (χ0v) is 30.1. The number of nitriles is 1. The van der Waals surface area contributed by atoms with Gasteiger partial charge in [0.2, 0.25) is 0 Å². The molecule has 12 nitrogen and oxygen atoms in total. The van der Waals surface area contributed by atoms with E-state index in [0.717, 1.165) is 12.1 Å². The Balaban J connectivity index is 1.39. The van der Waals surface area contributed by atoms with E-state index in [-0.39, 0.29) is 47.3 Å². The molecule has 0 spiro atoms. The van der Waals surface area contributed by atoms with Crippen LogP contribution in [0.25, 0.3) is 6.08 Å². The molecule has 0 unspecified atom stereocenters. The van der Waals surface area contributed by atoms with Gasteiger partial charge in [-0.15, -0.1) is 11.8 Å². The molecule has 1 aliphatic rings. The monoisotopic (exact) mass is 770 g/mol. The molecule has 0 saturated carbocycles. The molecule has 53 heavy (non-hydrogen) atoms. The highest BCUT2D eigenvalue weighted by atomic mass is 32.2. The lowest BCUT2D eigenvalue weighted by Crippen LogP contribution is -2.47. The maximum absolute atomic E-state index is 15.8. The maximum Gasteiger partial charge on any atom is 0.469 e. The minimum Gasteiger partial charge on any atom is -0.447 e. The van der Waals surface area contributed by atoms with Crippen molar-refractivity contribution in [1.82, 2.24) is 14.8 Å². The van der Waals surface area contributed by atoms with Gasteiger partial charge < -0.3 is 24.0 Å². The SMILES string of the molecule is Cc1ccc(COP(=O)(O)O)c(C(=O)O[C@@](Cn2cncn2)(c2ccc(F)cc2F)[C@@H](C)S[C@H]2CO[C@H](/C=C/C=C/c3ccc(C#N)cc3F)OC2)c1. The van der Waals surface area contributed by atoms with E-state index >= 15 is 4.39 Å². The van der Waals surface area contributed by atoms with Gasteiger partial charge in [0.25, 0.3) is 0 Å². The van der Waals surface area contributed by atoms with Gasteiger partial charge in [-0.3, -0.25) is 4.52 Å². The Kier molecular flexibility index (Phi) is 13.1. The summed E-state index contributed by atoms with van der Waals surface area (Å²) in [7, 11) is -4.91. The largest absolute Gasteiger partial charge is 0.469 e. The van der Waals surface area contributed by atoms with Crippen LogP contribution in [0.2, 0.25) is 0 Å². The van der Waals surface area contributed by atoms with Gasteiger partial charge in [-0.2, -0.15) is 10.4 Å². The highest BCUT2D eigenvalue weighted by Gasteiger charge is 2.47. The smallest absolute Gasteiger partial charge is 0.447 e. The average Bonchev–Trinajstić information content (AvgIpc) is 3.63. The van der Waals surface area contributed by atoms with Crippen molar-refractivity contribution in [1.29, 1.82) is 5.26 Å². The van der Waals surface area contributed by atoms with Crippen LogP contribution >= 0.6 is 19.6 Å². The number of aromatic nitrogens is 3. The normalized spacial score (nSPS) is 18.2. The average molecular weight is 771 g/mol. The lowest BCUT2D eigenvalue weighted by molar-refractivity contribution is -0.146. The lowest BCUT2D eigenvalue weighted by Gasteiger charge is -2.40. The Bertz CT molecular complexity index is 2070. The van der Waals surface area contributed by atoms with E-state index in [4.69, 9.17) is 19.5 Å². The Morgan fingerprint density at radius 1 is 1.13 bits per heavy atom. The molecular weight excluding hydrogens is 736 g/mol. The first-order valence-electron chi connectivity index (χ1n) is 16.0. The second-order valence-corrected chi connectivity index (χ2v) is 14.8. The van der Waals surface area contributed by atoms with Crippen molar-refractivity contribution in [2.45, 2.75) is 49.4 Å². The maximum atomic E-state index is 15.8. The van der Waals surface area contributed by atoms with Gasteiger partial charge in [0, 0.05) is 22.4 Å². The molecule has 2 atom stereocenters. The molecule has 5 rings (SSSR count). The molecule has 1 aromatic heterocycles. The summed E-state index contributed by atoms with van der Waals surface area (Å²) in [4.78, 5) is 36.7. The van der Waals surface area contributed by atoms with Gasteiger partial charge in [0.05, 0.1) is 48.8 Å². The number of rotatable bonds is 14. The van der Waals surface area contributed by atoms with Crippen molar-refractivity contribution in [3.8, 4) is 6.07 Å². The number of aryl methyl sites for hydroxylation is 1. The molecule has 278 valence electrons. The first kappa shape index (κ1) is 39.6. The highest BCUT2D eigenvalue weighted by molar-refractivity contribution is 8.00. The fourth-order valence-corrected chi connectivity index (χ4v) is 7.17. The van der Waals surface area contributed by atoms with Gasteiger partial charge in [0.1, 0.15) is 30.1 Å². The van der Waals surface area contributed by atoms with Crippen molar-refractivity contribution >= 4 is 31.6 Å². The molecule has 0 radical (unpaired) electrons. The van der Waals surface area contributed by atoms with Crippen molar-refractivity contribution < 1.29 is 51.1 Å². The molecule has 1 fully saturated rings. The first-order chi connectivity index (χ1) is 25.3. The number of ether oxygens (including phenoxy) is 3. The van der Waals surface area contributed by atoms with Crippen LogP contribution in [-0.4, -0.2) is 60.5 Å². The van der Waals surface area contributed by atoms with Gasteiger partial charge >= 0.3 is 13.8 Å². The third kappa shape index (κ3) is 10.5. The van der Waals surface area contributed by atoms with Crippen molar-refractivity contribution in [3.05, 3.63) is 136 Å². The van der Waals surface area contributed by atoms with E-state index in [0.29, 0.717) is 17.2 Å². The molecule has 17 heteroatoms. The fraction of sp³-hybridized carbons (Fsp3) is 0.278. The quantitative estimate of drug-likeness (QED) is 0.0828. The number of hydrogen-bond acceptors (Lipinski definition) is 10. The molecule has 0 amide bonds. The van der Waals surface area contributed by atoms with Gasteiger partial charge in [0.15, 0.2) is 11.9 Å². The van der Waals surface area contributed by atoms with Gasteiger partial charge in [-0.1, -0.05) is 42.0 Å². The van der Waals surface area contributed by atoms with Crippen LogP contribution in [-0.2, 0) is 42.1 Å². The number of phosphoric ester groups is 1. The van der Waals surface area contributed by atoms with Crippen LogP contribution in [0.1, 0.15) is 45.1 Å². The van der Waals surface area contributed by atoms with Crippen LogP contribution in [0, 0.1) is 35.7 Å². The Labute approximate surface area is 307 Å². The number of phosphoric acid groups is 1. The Hall–Kier alpha value is -4.59. The number of nitrogens with zero attached hydrogens (tertiary/aromatic N) is 4. The van der Waals surface area contributed by atoms with Crippen LogP contribution in [0.15, 0.2) is 85.5 Å². The number of halogens is 3. The summed E-state index contributed by atoms with van der Waals surface area (Å²) in [5.41, 5.74) is -0.895. The molecule has 2 heterocycles. The van der Waals surface area contributed by atoms with E-state index in [1.165, 1.54) is 65.5 Å². The number of carbonyl (C=O) groups is 1. The van der Waals surface area contributed by atoms with Crippen LogP contribution in [0.3, 0.4) is 0 Å². The lowest BCUT2D eigenvalue weighted by atomic mass is 9.89. The summed E-state index contributed by atoms with van der Waals surface area (Å²) in [6.07, 6.45) is 8.25. The summed E-state index contributed by atoms with van der Waals surface area (Å²) in [6.45, 7) is 2.83. The van der Waals surface area contributed by atoms with Crippen LogP contribution in [0.5, 0.6) is 0 Å². The summed E-state index contributed by atoms with van der Waals surface area (Å²) in [6, 6.07) is 13.5. The number of carbonyl (C=O) groups excluding carboxylic acids is 1. The number of esters is 1. The number of hydrogen-bond donors (Lipinski definition) is 2. The topological polar surface area (TPSA) is 166 Å². The Morgan fingerprint density at radius 2 is 1.91 bits per heavy atom. The summed E-state index contributed by atoms with van der Waals surface area (Å²) >= 11 is 1.27. The van der Waals surface area contributed by atoms with Gasteiger partial charge in [-0.25, -0.2) is 32.2 Å². The predicted molar refractivity (Wildman–Crippen MR) is 187 cm³/mol. The van der Waals surface area contributed by atoms with E-state index in [1.54, 1.807) is 38.1 Å². The second-order valence-electron chi connectivity index (χ2n) is 11.9. The van der Waals surface area contributed by atoms with Crippen LogP contribution < -0.4 is 0 Å². The molecule has 0 bridgehead atoms. The third-order valence-corrected chi connectivity index (χ3v) is 10.0. The molecular formula is C36H34F3N4O8PS. The van der Waals surface area contributed by atoms with E-state index in [9.17, 15) is 27.9 Å².